The number of hydrogen-bond donors (Lipinski definition) is 1. The lowest BCUT2D eigenvalue weighted by Crippen LogP contribution is -1.91. The molecule has 0 atom stereocenters. The number of aromatic nitrogens is 1. The Morgan fingerprint density at radius 1 is 1.07 bits per heavy atom. The number of pyridine rings is 1. The minimum Gasteiger partial charge on any atom is -0.383 e. The summed E-state index contributed by atoms with van der Waals surface area (Å²) in [5.74, 6) is 0.530. The Morgan fingerprint density at radius 3 is 2.53 bits per heavy atom. The molecule has 0 bridgehead atoms. The maximum Gasteiger partial charge on any atom is 0.137 e. The fourth-order valence-corrected chi connectivity index (χ4v) is 2.24. The van der Waals surface area contributed by atoms with E-state index in [1.807, 2.05) is 36.4 Å². The van der Waals surface area contributed by atoms with Crippen LogP contribution in [0.4, 0.5) is 5.82 Å². The zero-order valence-corrected chi connectivity index (χ0v) is 9.42. The Balaban J connectivity index is 2.30. The number of nitrogen functional groups attached to an aromatic ring is 1. The van der Waals surface area contributed by atoms with Crippen LogP contribution in [0.1, 0.15) is 0 Å². The topological polar surface area (TPSA) is 38.9 Å². The van der Waals surface area contributed by atoms with Crippen molar-refractivity contribution in [3.05, 3.63) is 47.6 Å². The first-order valence-electron chi connectivity index (χ1n) is 4.40. The second-order valence-corrected chi connectivity index (χ2v) is 4.41. The zero-order valence-electron chi connectivity index (χ0n) is 7.85. The van der Waals surface area contributed by atoms with Gasteiger partial charge in [0.05, 0.1) is 9.92 Å². The van der Waals surface area contributed by atoms with Crippen LogP contribution in [-0.2, 0) is 0 Å². The van der Waals surface area contributed by atoms with Crippen molar-refractivity contribution in [2.45, 2.75) is 9.79 Å². The van der Waals surface area contributed by atoms with Crippen molar-refractivity contribution < 1.29 is 0 Å². The Kier molecular flexibility index (Phi) is 3.14. The van der Waals surface area contributed by atoms with Gasteiger partial charge in [0.25, 0.3) is 0 Å². The second kappa shape index (κ2) is 4.55. The summed E-state index contributed by atoms with van der Waals surface area (Å²) in [4.78, 5) is 5.93. The summed E-state index contributed by atoms with van der Waals surface area (Å²) >= 11 is 7.57. The monoisotopic (exact) mass is 236 g/mol. The molecule has 0 amide bonds. The van der Waals surface area contributed by atoms with E-state index in [1.54, 1.807) is 6.20 Å². The average Bonchev–Trinajstić information content (AvgIpc) is 2.24. The number of hydrogen-bond acceptors (Lipinski definition) is 3. The molecular weight excluding hydrogens is 228 g/mol. The SMILES string of the molecule is Nc1ncccc1Sc1ccccc1Cl. The summed E-state index contributed by atoms with van der Waals surface area (Å²) in [6, 6.07) is 11.4. The molecule has 0 aliphatic heterocycles. The van der Waals surface area contributed by atoms with E-state index < -0.39 is 0 Å². The molecule has 0 aliphatic carbocycles. The minimum absolute atomic E-state index is 0.530. The standard InChI is InChI=1S/C11H9ClN2S/c12-8-4-1-2-5-9(8)15-10-6-3-7-14-11(10)13/h1-7H,(H2,13,14). The molecule has 76 valence electrons. The molecule has 15 heavy (non-hydrogen) atoms. The van der Waals surface area contributed by atoms with E-state index in [9.17, 15) is 0 Å². The third-order valence-electron chi connectivity index (χ3n) is 1.86. The van der Waals surface area contributed by atoms with Gasteiger partial charge < -0.3 is 5.73 Å². The maximum absolute atomic E-state index is 6.04. The lowest BCUT2D eigenvalue weighted by molar-refractivity contribution is 1.25. The summed E-state index contributed by atoms with van der Waals surface area (Å²) in [5.41, 5.74) is 5.74. The number of rotatable bonds is 2. The predicted octanol–water partition coefficient (Wildman–Crippen LogP) is 3.47. The summed E-state index contributed by atoms with van der Waals surface area (Å²) < 4.78 is 0. The van der Waals surface area contributed by atoms with Crippen LogP contribution in [-0.4, -0.2) is 4.98 Å². The molecule has 2 aromatic rings. The van der Waals surface area contributed by atoms with Gasteiger partial charge in [0.15, 0.2) is 0 Å². The highest BCUT2D eigenvalue weighted by molar-refractivity contribution is 7.99. The second-order valence-electron chi connectivity index (χ2n) is 2.92. The van der Waals surface area contributed by atoms with Gasteiger partial charge in [-0.15, -0.1) is 0 Å². The van der Waals surface area contributed by atoms with Gasteiger partial charge in [0, 0.05) is 11.1 Å². The predicted molar refractivity (Wildman–Crippen MR) is 64.2 cm³/mol. The first-order chi connectivity index (χ1) is 7.27. The molecule has 0 unspecified atom stereocenters. The van der Waals surface area contributed by atoms with Gasteiger partial charge in [-0.1, -0.05) is 35.5 Å². The lowest BCUT2D eigenvalue weighted by atomic mass is 10.4. The fraction of sp³-hybridized carbons (Fsp3) is 0. The summed E-state index contributed by atoms with van der Waals surface area (Å²) in [6.45, 7) is 0. The van der Waals surface area contributed by atoms with Gasteiger partial charge in [-0.3, -0.25) is 0 Å². The van der Waals surface area contributed by atoms with E-state index in [2.05, 4.69) is 4.98 Å². The lowest BCUT2D eigenvalue weighted by Gasteiger charge is -2.05. The van der Waals surface area contributed by atoms with E-state index in [4.69, 9.17) is 17.3 Å². The van der Waals surface area contributed by atoms with Crippen molar-refractivity contribution in [1.82, 2.24) is 4.98 Å². The molecular formula is C11H9ClN2S. The van der Waals surface area contributed by atoms with Gasteiger partial charge in [-0.25, -0.2) is 4.98 Å². The quantitative estimate of drug-likeness (QED) is 0.868. The molecule has 0 aliphatic rings. The van der Waals surface area contributed by atoms with Crippen molar-refractivity contribution >= 4 is 29.2 Å². The molecule has 2 N–H and O–H groups in total. The molecule has 4 heteroatoms. The molecule has 0 spiro atoms. The number of benzene rings is 1. The number of nitrogens with zero attached hydrogens (tertiary/aromatic N) is 1. The van der Waals surface area contributed by atoms with Crippen LogP contribution in [0.2, 0.25) is 5.02 Å². The van der Waals surface area contributed by atoms with Gasteiger partial charge in [0.2, 0.25) is 0 Å². The van der Waals surface area contributed by atoms with E-state index in [0.717, 1.165) is 14.8 Å². The Labute approximate surface area is 97.5 Å². The van der Waals surface area contributed by atoms with Crippen LogP contribution >= 0.6 is 23.4 Å². The minimum atomic E-state index is 0.530. The van der Waals surface area contributed by atoms with Gasteiger partial charge in [-0.05, 0) is 24.3 Å². The Hall–Kier alpha value is -1.19. The maximum atomic E-state index is 6.04. The van der Waals surface area contributed by atoms with Crippen LogP contribution in [0, 0.1) is 0 Å². The molecule has 0 fully saturated rings. The Bertz CT molecular complexity index is 430. The Morgan fingerprint density at radius 2 is 1.80 bits per heavy atom. The van der Waals surface area contributed by atoms with Crippen LogP contribution in [0.15, 0.2) is 52.4 Å². The van der Waals surface area contributed by atoms with E-state index >= 15 is 0 Å². The fourth-order valence-electron chi connectivity index (χ4n) is 1.14. The highest BCUT2D eigenvalue weighted by Gasteiger charge is 2.04. The molecule has 0 radical (unpaired) electrons. The summed E-state index contributed by atoms with van der Waals surface area (Å²) in [5, 5.41) is 0.728. The zero-order chi connectivity index (χ0) is 10.7. The average molecular weight is 237 g/mol. The smallest absolute Gasteiger partial charge is 0.137 e. The normalized spacial score (nSPS) is 10.2. The molecule has 0 saturated heterocycles. The van der Waals surface area contributed by atoms with Gasteiger partial charge >= 0.3 is 0 Å². The molecule has 2 rings (SSSR count). The third-order valence-corrected chi connectivity index (χ3v) is 3.44. The molecule has 1 aromatic carbocycles. The van der Waals surface area contributed by atoms with Gasteiger partial charge in [0.1, 0.15) is 5.82 Å². The largest absolute Gasteiger partial charge is 0.383 e. The van der Waals surface area contributed by atoms with Crippen molar-refractivity contribution in [3.63, 3.8) is 0 Å². The van der Waals surface area contributed by atoms with Crippen LogP contribution in [0.25, 0.3) is 0 Å². The van der Waals surface area contributed by atoms with Crippen molar-refractivity contribution in [1.29, 1.82) is 0 Å². The van der Waals surface area contributed by atoms with Crippen molar-refractivity contribution in [3.8, 4) is 0 Å². The number of anilines is 1. The number of nitrogens with two attached hydrogens (primary N) is 1. The van der Waals surface area contributed by atoms with E-state index in [1.165, 1.54) is 11.8 Å². The third kappa shape index (κ3) is 2.43. The first kappa shape index (κ1) is 10.3. The highest BCUT2D eigenvalue weighted by Crippen LogP contribution is 2.34. The molecule has 2 nitrogen and oxygen atoms in total. The summed E-state index contributed by atoms with van der Waals surface area (Å²) in [7, 11) is 0. The van der Waals surface area contributed by atoms with Crippen LogP contribution < -0.4 is 5.73 Å². The number of halogens is 1. The molecule has 1 heterocycles. The van der Waals surface area contributed by atoms with Crippen molar-refractivity contribution in [2.75, 3.05) is 5.73 Å². The summed E-state index contributed by atoms with van der Waals surface area (Å²) in [6.07, 6.45) is 1.67. The highest BCUT2D eigenvalue weighted by atomic mass is 35.5. The van der Waals surface area contributed by atoms with E-state index in [0.29, 0.717) is 5.82 Å². The van der Waals surface area contributed by atoms with Gasteiger partial charge in [-0.2, -0.15) is 0 Å². The van der Waals surface area contributed by atoms with Crippen LogP contribution in [0.5, 0.6) is 0 Å². The molecule has 0 saturated carbocycles. The van der Waals surface area contributed by atoms with Crippen LogP contribution in [0.3, 0.4) is 0 Å². The molecule has 1 aromatic heterocycles. The van der Waals surface area contributed by atoms with E-state index in [-0.39, 0.29) is 0 Å². The van der Waals surface area contributed by atoms with Crippen molar-refractivity contribution in [2.24, 2.45) is 0 Å². The first-order valence-corrected chi connectivity index (χ1v) is 5.59.